The van der Waals surface area contributed by atoms with Crippen LogP contribution >= 0.6 is 15.9 Å². The van der Waals surface area contributed by atoms with Crippen LogP contribution in [0.15, 0.2) is 27.6 Å². The van der Waals surface area contributed by atoms with Crippen molar-refractivity contribution in [2.75, 3.05) is 35.9 Å². The minimum Gasteiger partial charge on any atom is -0.378 e. The largest absolute Gasteiger partial charge is 0.378 e. The monoisotopic (exact) mass is 428 g/mol. The average molecular weight is 429 g/mol. The number of aromatic nitrogens is 2. The number of hydrogen-bond acceptors (Lipinski definition) is 5. The number of sulfonamides is 1. The van der Waals surface area contributed by atoms with Gasteiger partial charge in [-0.2, -0.15) is 5.10 Å². The SMILES string of the molecule is Cc1nn(C)c(C)c1S(=O)(=O)Nc1cc(Br)ccc1N1CCOCC1. The highest BCUT2D eigenvalue weighted by Gasteiger charge is 2.26. The molecule has 1 aromatic carbocycles. The van der Waals surface area contributed by atoms with Gasteiger partial charge in [-0.25, -0.2) is 8.42 Å². The van der Waals surface area contributed by atoms with E-state index in [1.54, 1.807) is 31.6 Å². The fourth-order valence-corrected chi connectivity index (χ4v) is 4.88. The summed E-state index contributed by atoms with van der Waals surface area (Å²) in [5, 5.41) is 4.21. The van der Waals surface area contributed by atoms with Crippen molar-refractivity contribution in [3.63, 3.8) is 0 Å². The molecule has 1 aliphatic rings. The maximum atomic E-state index is 13.0. The molecule has 3 rings (SSSR count). The third kappa shape index (κ3) is 3.68. The van der Waals surface area contributed by atoms with E-state index >= 15 is 0 Å². The number of halogens is 1. The van der Waals surface area contributed by atoms with E-state index in [4.69, 9.17) is 4.74 Å². The molecule has 1 N–H and O–H groups in total. The lowest BCUT2D eigenvalue weighted by Crippen LogP contribution is -2.36. The maximum absolute atomic E-state index is 13.0. The molecule has 0 radical (unpaired) electrons. The molecule has 0 atom stereocenters. The van der Waals surface area contributed by atoms with Crippen molar-refractivity contribution >= 4 is 37.3 Å². The number of hydrogen-bond donors (Lipinski definition) is 1. The van der Waals surface area contributed by atoms with E-state index in [1.807, 2.05) is 12.1 Å². The molecule has 1 fully saturated rings. The smallest absolute Gasteiger partial charge is 0.265 e. The van der Waals surface area contributed by atoms with Gasteiger partial charge >= 0.3 is 0 Å². The van der Waals surface area contributed by atoms with Crippen LogP contribution in [-0.2, 0) is 21.8 Å². The summed E-state index contributed by atoms with van der Waals surface area (Å²) in [6, 6.07) is 5.60. The molecule has 0 saturated carbocycles. The van der Waals surface area contributed by atoms with Gasteiger partial charge in [-0.1, -0.05) is 15.9 Å². The number of anilines is 2. The Balaban J connectivity index is 2.00. The van der Waals surface area contributed by atoms with Crippen molar-refractivity contribution in [3.05, 3.63) is 34.1 Å². The fourth-order valence-electron chi connectivity index (χ4n) is 3.01. The Morgan fingerprint density at radius 3 is 2.52 bits per heavy atom. The van der Waals surface area contributed by atoms with Crippen LogP contribution in [0.1, 0.15) is 11.4 Å². The molecule has 7 nitrogen and oxygen atoms in total. The molecule has 2 heterocycles. The van der Waals surface area contributed by atoms with Crippen molar-refractivity contribution in [3.8, 4) is 0 Å². The van der Waals surface area contributed by atoms with E-state index in [-0.39, 0.29) is 4.90 Å². The summed E-state index contributed by atoms with van der Waals surface area (Å²) in [5.74, 6) is 0. The quantitative estimate of drug-likeness (QED) is 0.808. The first kappa shape index (κ1) is 18.2. The number of aryl methyl sites for hydroxylation is 2. The molecule has 0 spiro atoms. The number of nitrogens with zero attached hydrogens (tertiary/aromatic N) is 3. The second kappa shape index (κ2) is 6.97. The first-order valence-corrected chi connectivity index (χ1v) is 10.2. The molecule has 1 saturated heterocycles. The Morgan fingerprint density at radius 1 is 1.24 bits per heavy atom. The maximum Gasteiger partial charge on any atom is 0.265 e. The summed E-state index contributed by atoms with van der Waals surface area (Å²) in [5.41, 5.74) is 2.47. The Hall–Kier alpha value is -1.58. The van der Waals surface area contributed by atoms with E-state index in [0.717, 1.165) is 23.2 Å². The van der Waals surface area contributed by atoms with Gasteiger partial charge < -0.3 is 9.64 Å². The summed E-state index contributed by atoms with van der Waals surface area (Å²) in [4.78, 5) is 2.35. The Bertz CT molecular complexity index is 889. The van der Waals surface area contributed by atoms with E-state index < -0.39 is 10.0 Å². The predicted molar refractivity (Wildman–Crippen MR) is 101 cm³/mol. The zero-order valence-corrected chi connectivity index (χ0v) is 16.8. The minimum atomic E-state index is -3.74. The van der Waals surface area contributed by atoms with Gasteiger partial charge in [-0.05, 0) is 32.0 Å². The Labute approximate surface area is 156 Å². The highest BCUT2D eigenvalue weighted by molar-refractivity contribution is 9.10. The zero-order valence-electron chi connectivity index (χ0n) is 14.4. The van der Waals surface area contributed by atoms with E-state index in [1.165, 1.54) is 0 Å². The molecular weight excluding hydrogens is 408 g/mol. The fraction of sp³-hybridized carbons (Fsp3) is 0.438. The topological polar surface area (TPSA) is 76.5 Å². The Morgan fingerprint density at radius 2 is 1.92 bits per heavy atom. The highest BCUT2D eigenvalue weighted by Crippen LogP contribution is 2.32. The molecule has 9 heteroatoms. The number of nitrogens with one attached hydrogen (secondary N) is 1. The van der Waals surface area contributed by atoms with Gasteiger partial charge in [0.15, 0.2) is 0 Å². The summed E-state index contributed by atoms with van der Waals surface area (Å²) in [6.45, 7) is 6.15. The van der Waals surface area contributed by atoms with Crippen LogP contribution in [0, 0.1) is 13.8 Å². The standard InChI is InChI=1S/C16H21BrN4O3S/c1-11-16(12(2)20(3)18-11)25(22,23)19-14-10-13(17)4-5-15(14)21-6-8-24-9-7-21/h4-5,10,19H,6-9H2,1-3H3. The van der Waals surface area contributed by atoms with Gasteiger partial charge in [0.05, 0.1) is 36.0 Å². The second-order valence-corrected chi connectivity index (χ2v) is 8.52. The average Bonchev–Trinajstić information content (AvgIpc) is 2.81. The molecule has 2 aromatic rings. The molecular formula is C16H21BrN4O3S. The molecule has 0 aliphatic carbocycles. The van der Waals surface area contributed by atoms with Gasteiger partial charge in [0.25, 0.3) is 10.0 Å². The molecule has 1 aromatic heterocycles. The summed E-state index contributed by atoms with van der Waals surface area (Å²) < 4.78 is 36.5. The van der Waals surface area contributed by atoms with Crippen molar-refractivity contribution < 1.29 is 13.2 Å². The minimum absolute atomic E-state index is 0.225. The molecule has 136 valence electrons. The number of ether oxygens (including phenoxy) is 1. The van der Waals surface area contributed by atoms with Gasteiger partial charge in [0, 0.05) is 24.6 Å². The summed E-state index contributed by atoms with van der Waals surface area (Å²) in [7, 11) is -2.01. The predicted octanol–water partition coefficient (Wildman–Crippen LogP) is 2.44. The van der Waals surface area contributed by atoms with Gasteiger partial charge in [-0.3, -0.25) is 9.40 Å². The van der Waals surface area contributed by atoms with Gasteiger partial charge in [0.1, 0.15) is 4.90 Å². The first-order valence-electron chi connectivity index (χ1n) is 7.95. The van der Waals surface area contributed by atoms with Crippen LogP contribution in [0.25, 0.3) is 0 Å². The number of morpholine rings is 1. The number of benzene rings is 1. The van der Waals surface area contributed by atoms with Crippen molar-refractivity contribution in [2.45, 2.75) is 18.7 Å². The van der Waals surface area contributed by atoms with Crippen molar-refractivity contribution in [2.24, 2.45) is 7.05 Å². The second-order valence-electron chi connectivity index (χ2n) is 5.99. The first-order chi connectivity index (χ1) is 11.8. The lowest BCUT2D eigenvalue weighted by atomic mass is 10.2. The molecule has 0 amide bonds. The molecule has 0 bridgehead atoms. The van der Waals surface area contributed by atoms with E-state index in [2.05, 4.69) is 30.7 Å². The third-order valence-corrected chi connectivity index (χ3v) is 6.38. The van der Waals surface area contributed by atoms with Crippen LogP contribution in [0.5, 0.6) is 0 Å². The molecule has 0 unspecified atom stereocenters. The zero-order chi connectivity index (χ0) is 18.2. The van der Waals surface area contributed by atoms with Crippen molar-refractivity contribution in [1.82, 2.24) is 9.78 Å². The lowest BCUT2D eigenvalue weighted by molar-refractivity contribution is 0.123. The van der Waals surface area contributed by atoms with E-state index in [0.29, 0.717) is 30.3 Å². The van der Waals surface area contributed by atoms with Crippen LogP contribution in [0.4, 0.5) is 11.4 Å². The Kier molecular flexibility index (Phi) is 5.08. The third-order valence-electron chi connectivity index (χ3n) is 4.27. The van der Waals surface area contributed by atoms with Crippen LogP contribution in [0.2, 0.25) is 0 Å². The van der Waals surface area contributed by atoms with Crippen LogP contribution < -0.4 is 9.62 Å². The highest BCUT2D eigenvalue weighted by atomic mass is 79.9. The normalized spacial score (nSPS) is 15.4. The number of rotatable bonds is 4. The van der Waals surface area contributed by atoms with Crippen molar-refractivity contribution in [1.29, 1.82) is 0 Å². The van der Waals surface area contributed by atoms with Crippen LogP contribution in [0.3, 0.4) is 0 Å². The molecule has 1 aliphatic heterocycles. The summed E-state index contributed by atoms with van der Waals surface area (Å²) >= 11 is 3.42. The lowest BCUT2D eigenvalue weighted by Gasteiger charge is -2.30. The van der Waals surface area contributed by atoms with Crippen LogP contribution in [-0.4, -0.2) is 44.5 Å². The van der Waals surface area contributed by atoms with Gasteiger partial charge in [-0.15, -0.1) is 0 Å². The molecule has 25 heavy (non-hydrogen) atoms. The van der Waals surface area contributed by atoms with E-state index in [9.17, 15) is 8.42 Å². The van der Waals surface area contributed by atoms with Gasteiger partial charge in [0.2, 0.25) is 0 Å². The summed E-state index contributed by atoms with van der Waals surface area (Å²) in [6.07, 6.45) is 0.